The van der Waals surface area contributed by atoms with E-state index in [1.807, 2.05) is 73.6 Å². The van der Waals surface area contributed by atoms with Gasteiger partial charge in [0.05, 0.1) is 29.6 Å². The van der Waals surface area contributed by atoms with Gasteiger partial charge in [-0.2, -0.15) is 0 Å². The van der Waals surface area contributed by atoms with Gasteiger partial charge in [-0.1, -0.05) is 36.4 Å². The van der Waals surface area contributed by atoms with Gasteiger partial charge in [0.15, 0.2) is 0 Å². The lowest BCUT2D eigenvalue weighted by Crippen LogP contribution is -2.11. The number of fused-ring (bicyclic) bond motifs is 1. The molecule has 6 heteroatoms. The van der Waals surface area contributed by atoms with Crippen LogP contribution in [-0.4, -0.2) is 33.1 Å². The van der Waals surface area contributed by atoms with Crippen molar-refractivity contribution in [2.75, 3.05) is 36.7 Å². The molecular formula is C25H23N3O3. The molecule has 0 unspecified atom stereocenters. The number of nitrogens with one attached hydrogen (secondary N) is 2. The Morgan fingerprint density at radius 1 is 0.935 bits per heavy atom. The lowest BCUT2D eigenvalue weighted by atomic mass is 9.99. The molecule has 6 nitrogen and oxygen atoms in total. The SMILES string of the molecule is COC(=O)c1ccc2c(c1)NC(=O)/C2=C(\Nc1ccc(N(C)C)cc1)c1ccccc1. The van der Waals surface area contributed by atoms with E-state index in [1.165, 1.54) is 7.11 Å². The summed E-state index contributed by atoms with van der Waals surface area (Å²) in [6.45, 7) is 0. The third-order valence-corrected chi connectivity index (χ3v) is 5.15. The number of ether oxygens (including phenoxy) is 1. The molecular weight excluding hydrogens is 390 g/mol. The summed E-state index contributed by atoms with van der Waals surface area (Å²) >= 11 is 0. The predicted octanol–water partition coefficient (Wildman–Crippen LogP) is 4.47. The van der Waals surface area contributed by atoms with Crippen LogP contribution >= 0.6 is 0 Å². The molecule has 3 aromatic rings. The van der Waals surface area contributed by atoms with Crippen LogP contribution in [0.15, 0.2) is 72.8 Å². The van der Waals surface area contributed by atoms with Crippen molar-refractivity contribution in [2.24, 2.45) is 0 Å². The van der Waals surface area contributed by atoms with Crippen LogP contribution < -0.4 is 15.5 Å². The van der Waals surface area contributed by atoms with Crippen molar-refractivity contribution in [3.05, 3.63) is 89.5 Å². The molecule has 0 fully saturated rings. The Morgan fingerprint density at radius 2 is 1.65 bits per heavy atom. The minimum atomic E-state index is -0.447. The fourth-order valence-electron chi connectivity index (χ4n) is 3.54. The first-order chi connectivity index (χ1) is 15.0. The summed E-state index contributed by atoms with van der Waals surface area (Å²) in [5, 5.41) is 6.31. The van der Waals surface area contributed by atoms with E-state index in [4.69, 9.17) is 4.74 Å². The molecule has 1 heterocycles. The number of hydrogen-bond donors (Lipinski definition) is 2. The number of methoxy groups -OCH3 is 1. The molecule has 0 aliphatic carbocycles. The molecule has 0 spiro atoms. The highest BCUT2D eigenvalue weighted by Gasteiger charge is 2.29. The van der Waals surface area contributed by atoms with Crippen molar-refractivity contribution in [3.8, 4) is 0 Å². The monoisotopic (exact) mass is 413 g/mol. The van der Waals surface area contributed by atoms with Gasteiger partial charge in [-0.05, 0) is 42.0 Å². The van der Waals surface area contributed by atoms with Gasteiger partial charge in [0.25, 0.3) is 5.91 Å². The van der Waals surface area contributed by atoms with E-state index in [0.717, 1.165) is 22.5 Å². The molecule has 31 heavy (non-hydrogen) atoms. The van der Waals surface area contributed by atoms with E-state index in [9.17, 15) is 9.59 Å². The zero-order valence-corrected chi connectivity index (χ0v) is 17.6. The molecule has 0 atom stereocenters. The van der Waals surface area contributed by atoms with Crippen LogP contribution in [0.3, 0.4) is 0 Å². The number of carbonyl (C=O) groups is 2. The smallest absolute Gasteiger partial charge is 0.337 e. The number of esters is 1. The topological polar surface area (TPSA) is 70.7 Å². The van der Waals surface area contributed by atoms with E-state index >= 15 is 0 Å². The molecule has 0 saturated heterocycles. The Kier molecular flexibility index (Phi) is 5.45. The van der Waals surface area contributed by atoms with Gasteiger partial charge < -0.3 is 20.3 Å². The maximum atomic E-state index is 13.0. The van der Waals surface area contributed by atoms with Crippen LogP contribution in [-0.2, 0) is 9.53 Å². The third-order valence-electron chi connectivity index (χ3n) is 5.15. The van der Waals surface area contributed by atoms with Crippen LogP contribution in [0.2, 0.25) is 0 Å². The van der Waals surface area contributed by atoms with Crippen LogP contribution in [0.1, 0.15) is 21.5 Å². The average molecular weight is 413 g/mol. The first-order valence-electron chi connectivity index (χ1n) is 9.86. The number of rotatable bonds is 5. The van der Waals surface area contributed by atoms with Gasteiger partial charge in [0.1, 0.15) is 0 Å². The van der Waals surface area contributed by atoms with Crippen LogP contribution in [0, 0.1) is 0 Å². The standard InChI is InChI=1S/C25H23N3O3/c1-28(2)19-12-10-18(11-13-19)26-23(16-7-5-4-6-8-16)22-20-14-9-17(25(30)31-3)15-21(20)27-24(22)29/h4-15,26H,1-3H3,(H,27,29)/b23-22-. The van der Waals surface area contributed by atoms with E-state index in [0.29, 0.717) is 22.5 Å². The van der Waals surface area contributed by atoms with Crippen LogP contribution in [0.5, 0.6) is 0 Å². The summed E-state index contributed by atoms with van der Waals surface area (Å²) < 4.78 is 4.79. The maximum Gasteiger partial charge on any atom is 0.337 e. The Morgan fingerprint density at radius 3 is 2.29 bits per heavy atom. The molecule has 0 aromatic heterocycles. The zero-order chi connectivity index (χ0) is 22.0. The lowest BCUT2D eigenvalue weighted by Gasteiger charge is -2.17. The third kappa shape index (κ3) is 4.00. The molecule has 2 N–H and O–H groups in total. The Bertz CT molecular complexity index is 1170. The quantitative estimate of drug-likeness (QED) is 0.477. The van der Waals surface area contributed by atoms with Gasteiger partial charge in [0.2, 0.25) is 0 Å². The number of amides is 1. The van der Waals surface area contributed by atoms with Crippen molar-refractivity contribution >= 4 is 40.2 Å². The summed E-state index contributed by atoms with van der Waals surface area (Å²) in [5.74, 6) is -0.676. The number of benzene rings is 3. The molecule has 156 valence electrons. The van der Waals surface area contributed by atoms with E-state index in [1.54, 1.807) is 18.2 Å². The van der Waals surface area contributed by atoms with Gasteiger partial charge >= 0.3 is 5.97 Å². The number of anilines is 3. The Hall–Kier alpha value is -4.06. The summed E-state index contributed by atoms with van der Waals surface area (Å²) in [5.41, 5.74) is 5.75. The molecule has 3 aromatic carbocycles. The maximum absolute atomic E-state index is 13.0. The molecule has 0 saturated carbocycles. The summed E-state index contributed by atoms with van der Waals surface area (Å²) in [6, 6.07) is 22.8. The Labute approximate surface area is 181 Å². The highest BCUT2D eigenvalue weighted by atomic mass is 16.5. The first-order valence-corrected chi connectivity index (χ1v) is 9.86. The van der Waals surface area contributed by atoms with Gasteiger partial charge in [-0.25, -0.2) is 4.79 Å². The summed E-state index contributed by atoms with van der Waals surface area (Å²) in [4.78, 5) is 26.9. The van der Waals surface area contributed by atoms with E-state index < -0.39 is 5.97 Å². The fraction of sp³-hybridized carbons (Fsp3) is 0.120. The lowest BCUT2D eigenvalue weighted by molar-refractivity contribution is -0.110. The van der Waals surface area contributed by atoms with Gasteiger partial charge in [0, 0.05) is 31.0 Å². The minimum Gasteiger partial charge on any atom is -0.465 e. The predicted molar refractivity (Wildman–Crippen MR) is 124 cm³/mol. The summed E-state index contributed by atoms with van der Waals surface area (Å²) in [7, 11) is 5.31. The largest absolute Gasteiger partial charge is 0.465 e. The van der Waals surface area contributed by atoms with Crippen molar-refractivity contribution < 1.29 is 14.3 Å². The fourth-order valence-corrected chi connectivity index (χ4v) is 3.54. The molecule has 1 aliphatic rings. The van der Waals surface area contributed by atoms with Gasteiger partial charge in [-0.15, -0.1) is 0 Å². The molecule has 4 rings (SSSR count). The second-order valence-electron chi connectivity index (χ2n) is 7.39. The highest BCUT2D eigenvalue weighted by Crippen LogP contribution is 2.38. The Balaban J connectivity index is 1.82. The van der Waals surface area contributed by atoms with Crippen molar-refractivity contribution in [1.29, 1.82) is 0 Å². The van der Waals surface area contributed by atoms with E-state index in [2.05, 4.69) is 10.6 Å². The van der Waals surface area contributed by atoms with Crippen molar-refractivity contribution in [2.45, 2.75) is 0 Å². The van der Waals surface area contributed by atoms with Crippen LogP contribution in [0.25, 0.3) is 11.3 Å². The number of nitrogens with zero attached hydrogens (tertiary/aromatic N) is 1. The van der Waals surface area contributed by atoms with Crippen molar-refractivity contribution in [1.82, 2.24) is 0 Å². The first kappa shape index (κ1) is 20.2. The number of hydrogen-bond acceptors (Lipinski definition) is 5. The second kappa shape index (κ2) is 8.36. The molecule has 1 amide bonds. The molecule has 1 aliphatic heterocycles. The average Bonchev–Trinajstić information content (AvgIpc) is 3.12. The molecule has 0 radical (unpaired) electrons. The van der Waals surface area contributed by atoms with E-state index in [-0.39, 0.29) is 5.91 Å². The van der Waals surface area contributed by atoms with Crippen molar-refractivity contribution in [3.63, 3.8) is 0 Å². The summed E-state index contributed by atoms with van der Waals surface area (Å²) in [6.07, 6.45) is 0. The molecule has 0 bridgehead atoms. The zero-order valence-electron chi connectivity index (χ0n) is 17.6. The highest BCUT2D eigenvalue weighted by molar-refractivity contribution is 6.37. The number of carbonyl (C=O) groups excluding carboxylic acids is 2. The van der Waals surface area contributed by atoms with Crippen LogP contribution in [0.4, 0.5) is 17.1 Å². The van der Waals surface area contributed by atoms with Gasteiger partial charge in [-0.3, -0.25) is 4.79 Å². The minimum absolute atomic E-state index is 0.228. The normalized spacial score (nSPS) is 13.8. The second-order valence-corrected chi connectivity index (χ2v) is 7.39.